The zero-order valence-corrected chi connectivity index (χ0v) is 30.9. The molecule has 0 fully saturated rings. The summed E-state index contributed by atoms with van der Waals surface area (Å²) in [7, 11) is 0. The van der Waals surface area contributed by atoms with Crippen LogP contribution in [-0.2, 0) is 49.6 Å². The molecule has 11 N–H and O–H groups in total. The maximum absolute atomic E-state index is 11.5. The van der Waals surface area contributed by atoms with Crippen LogP contribution in [0.4, 0.5) is 58.4 Å². The number of carboxylic acid groups (broad SMARTS) is 9. The Hall–Kier alpha value is -6.71. The zero-order chi connectivity index (χ0) is 50.9. The maximum Gasteiger partial charge on any atom is 0.490 e. The number of aliphatic carboxylic acids is 9. The summed E-state index contributed by atoms with van der Waals surface area (Å²) in [4.78, 5) is 95.6. The lowest BCUT2D eigenvalue weighted by Gasteiger charge is -2.34. The number of hydrogen-bond acceptors (Lipinski definition) is 13. The lowest BCUT2D eigenvalue weighted by atomic mass is 10.0. The molecule has 0 unspecified atom stereocenters. The van der Waals surface area contributed by atoms with Crippen LogP contribution >= 0.6 is 0 Å². The van der Waals surface area contributed by atoms with Crippen molar-refractivity contribution in [3.05, 3.63) is 29.8 Å². The third kappa shape index (κ3) is 38.0. The number of hydrogen-bond donors (Lipinski definition) is 10. The predicted octanol–water partition coefficient (Wildman–Crippen LogP) is 1.04. The summed E-state index contributed by atoms with van der Waals surface area (Å²) in [6.07, 6.45) is -20.2. The Labute approximate surface area is 341 Å². The number of benzene rings is 1. The molecule has 0 aromatic heterocycles. The van der Waals surface area contributed by atoms with Crippen molar-refractivity contribution in [3.8, 4) is 0 Å². The molecule has 1 atom stereocenters. The van der Waals surface area contributed by atoms with Crippen LogP contribution in [0.15, 0.2) is 24.3 Å². The molecule has 0 aliphatic rings. The van der Waals surface area contributed by atoms with Gasteiger partial charge in [0, 0.05) is 31.4 Å². The van der Waals surface area contributed by atoms with E-state index in [1.54, 1.807) is 24.3 Å². The highest BCUT2D eigenvalue weighted by Gasteiger charge is 2.40. The maximum atomic E-state index is 11.5. The summed E-state index contributed by atoms with van der Waals surface area (Å²) in [6, 6.07) is 5.86. The van der Waals surface area contributed by atoms with Crippen molar-refractivity contribution in [2.45, 2.75) is 37.2 Å². The Balaban J connectivity index is -0.000000495. The van der Waals surface area contributed by atoms with Gasteiger partial charge in [0.2, 0.25) is 0 Å². The zero-order valence-electron chi connectivity index (χ0n) is 30.9. The molecule has 63 heavy (non-hydrogen) atoms. The fraction of sp³-hybridized carbons (Fsp3) is 0.483. The van der Waals surface area contributed by atoms with Gasteiger partial charge >= 0.3 is 78.4 Å². The Morgan fingerprint density at radius 2 is 0.683 bits per heavy atom. The van der Waals surface area contributed by atoms with E-state index in [1.165, 1.54) is 9.80 Å². The molecule has 22 nitrogen and oxygen atoms in total. The molecule has 0 aliphatic carbocycles. The molecule has 0 radical (unpaired) electrons. The van der Waals surface area contributed by atoms with Gasteiger partial charge in [-0.3, -0.25) is 38.7 Å². The lowest BCUT2D eigenvalue weighted by molar-refractivity contribution is -0.193. The number of carbonyl (C=O) groups is 9. The first-order chi connectivity index (χ1) is 28.1. The van der Waals surface area contributed by atoms with Crippen molar-refractivity contribution < 1.29 is 142 Å². The molecule has 34 heteroatoms. The number of nitrogens with zero attached hydrogens (tertiary/aromatic N) is 3. The summed E-state index contributed by atoms with van der Waals surface area (Å²) < 4.78 is 127. The van der Waals surface area contributed by atoms with E-state index in [4.69, 9.17) is 55.6 Å². The average molecular weight is 955 g/mol. The van der Waals surface area contributed by atoms with Gasteiger partial charge in [-0.05, 0) is 24.1 Å². The number of anilines is 1. The summed E-state index contributed by atoms with van der Waals surface area (Å²) in [5.41, 5.74) is 6.89. The lowest BCUT2D eigenvalue weighted by Crippen LogP contribution is -2.51. The monoisotopic (exact) mass is 954 g/mol. The number of nitrogens with two attached hydrogens (primary N) is 1. The van der Waals surface area contributed by atoms with Gasteiger partial charge in [0.05, 0.1) is 32.7 Å². The molecule has 0 spiro atoms. The molecule has 0 saturated heterocycles. The van der Waals surface area contributed by atoms with Crippen LogP contribution in [-0.4, -0.2) is 197 Å². The third-order valence-electron chi connectivity index (χ3n) is 5.89. The summed E-state index contributed by atoms with van der Waals surface area (Å²) >= 11 is 0. The standard InChI is InChI=1S/C21H30N4O10.4C2HF3O2/c22-15-3-1-14(2-4-15)7-16(25(12-20(32)33)13-21(34)35)8-23(9-17(26)27)5-6-24(10-18(28)29)11-19(30)31;4*3-2(4,5)1(6)7/h1-4,16H,5-13,22H2,(H,26,27)(H,28,29)(H,30,31)(H,32,33)(H,34,35);4*(H,6,7)/t16-;;;;/m0..../s1. The van der Waals surface area contributed by atoms with Crippen molar-refractivity contribution in [1.29, 1.82) is 0 Å². The second-order valence-corrected chi connectivity index (χ2v) is 11.1. The van der Waals surface area contributed by atoms with Crippen molar-refractivity contribution >= 4 is 59.4 Å². The van der Waals surface area contributed by atoms with Gasteiger partial charge in [0.15, 0.2) is 0 Å². The van der Waals surface area contributed by atoms with Gasteiger partial charge in [-0.25, -0.2) is 19.2 Å². The van der Waals surface area contributed by atoms with Gasteiger partial charge in [-0.15, -0.1) is 0 Å². The molecule has 1 aromatic rings. The second-order valence-electron chi connectivity index (χ2n) is 11.1. The molecule has 0 saturated carbocycles. The van der Waals surface area contributed by atoms with Crippen LogP contribution < -0.4 is 5.73 Å². The molecule has 1 rings (SSSR count). The predicted molar refractivity (Wildman–Crippen MR) is 176 cm³/mol. The van der Waals surface area contributed by atoms with Crippen LogP contribution in [0.3, 0.4) is 0 Å². The number of halogens is 12. The Bertz CT molecular complexity index is 1540. The Morgan fingerprint density at radius 3 is 0.921 bits per heavy atom. The van der Waals surface area contributed by atoms with Crippen LogP contribution in [0.2, 0.25) is 0 Å². The van der Waals surface area contributed by atoms with E-state index in [-0.39, 0.29) is 26.1 Å². The molecule has 0 aliphatic heterocycles. The van der Waals surface area contributed by atoms with Crippen LogP contribution in [0, 0.1) is 0 Å². The van der Waals surface area contributed by atoms with Crippen LogP contribution in [0.25, 0.3) is 0 Å². The van der Waals surface area contributed by atoms with Gasteiger partial charge in [-0.2, -0.15) is 52.7 Å². The largest absolute Gasteiger partial charge is 0.490 e. The molecule has 1 aromatic carbocycles. The summed E-state index contributed by atoms with van der Waals surface area (Å²) in [6.45, 7) is -3.13. The van der Waals surface area contributed by atoms with Gasteiger partial charge in [0.1, 0.15) is 0 Å². The highest BCUT2D eigenvalue weighted by Crippen LogP contribution is 2.16. The van der Waals surface area contributed by atoms with Crippen molar-refractivity contribution in [1.82, 2.24) is 14.7 Å². The van der Waals surface area contributed by atoms with Crippen molar-refractivity contribution in [2.24, 2.45) is 0 Å². The van der Waals surface area contributed by atoms with Gasteiger partial charge < -0.3 is 51.7 Å². The minimum absolute atomic E-state index is 0.0565. The molecule has 0 bridgehead atoms. The first kappa shape index (κ1) is 62.9. The first-order valence-corrected chi connectivity index (χ1v) is 15.5. The number of rotatable bonds is 18. The normalized spacial score (nSPS) is 11.7. The van der Waals surface area contributed by atoms with E-state index >= 15 is 0 Å². The second kappa shape index (κ2) is 28.7. The highest BCUT2D eigenvalue weighted by molar-refractivity contribution is 5.75. The van der Waals surface area contributed by atoms with E-state index in [1.807, 2.05) is 0 Å². The minimum atomic E-state index is -5.08. The van der Waals surface area contributed by atoms with Crippen LogP contribution in [0.1, 0.15) is 5.56 Å². The highest BCUT2D eigenvalue weighted by atomic mass is 19.4. The Kier molecular flexibility index (Phi) is 28.7. The quantitative estimate of drug-likeness (QED) is 0.0726. The minimum Gasteiger partial charge on any atom is -0.480 e. The first-order valence-electron chi connectivity index (χ1n) is 15.5. The topological polar surface area (TPSA) is 371 Å². The third-order valence-corrected chi connectivity index (χ3v) is 5.89. The molecule has 0 amide bonds. The number of nitrogen functional groups attached to an aromatic ring is 1. The van der Waals surface area contributed by atoms with E-state index in [0.29, 0.717) is 11.3 Å². The van der Waals surface area contributed by atoms with E-state index in [0.717, 1.165) is 4.90 Å². The molecule has 362 valence electrons. The smallest absolute Gasteiger partial charge is 0.480 e. The molecular formula is C29H34F12N4O18. The summed E-state index contributed by atoms with van der Waals surface area (Å²) in [5.74, 6) is -17.3. The SMILES string of the molecule is Nc1ccc(C[C@@H](CN(CCN(CC(=O)O)CC(=O)O)CC(=O)O)N(CC(=O)O)CC(=O)O)cc1.O=C(O)C(F)(F)F.O=C(O)C(F)(F)F.O=C(O)C(F)(F)F.O=C(O)C(F)(F)F. The fourth-order valence-corrected chi connectivity index (χ4v) is 3.50. The van der Waals surface area contributed by atoms with Crippen molar-refractivity contribution in [3.63, 3.8) is 0 Å². The summed E-state index contributed by atoms with van der Waals surface area (Å²) in [5, 5.41) is 74.4. The van der Waals surface area contributed by atoms with E-state index < -0.39 is 117 Å². The van der Waals surface area contributed by atoms with Gasteiger partial charge in [-0.1, -0.05) is 12.1 Å². The van der Waals surface area contributed by atoms with Crippen LogP contribution in [0.5, 0.6) is 0 Å². The van der Waals surface area contributed by atoms with E-state index in [9.17, 15) is 92.0 Å². The molecular weight excluding hydrogens is 920 g/mol. The van der Waals surface area contributed by atoms with Gasteiger partial charge in [0.25, 0.3) is 0 Å². The number of alkyl halides is 12. The number of carboxylic acids is 9. The molecule has 0 heterocycles. The Morgan fingerprint density at radius 1 is 0.444 bits per heavy atom. The fourth-order valence-electron chi connectivity index (χ4n) is 3.50. The van der Waals surface area contributed by atoms with E-state index in [2.05, 4.69) is 0 Å². The van der Waals surface area contributed by atoms with Crippen molar-refractivity contribution in [2.75, 3.05) is 58.1 Å². The average Bonchev–Trinajstić information content (AvgIpc) is 3.05.